The third-order valence-corrected chi connectivity index (χ3v) is 5.53. The first kappa shape index (κ1) is 21.0. The molecule has 0 unspecified atom stereocenters. The van der Waals surface area contributed by atoms with Crippen LogP contribution in [0.15, 0.2) is 36.4 Å². The summed E-state index contributed by atoms with van der Waals surface area (Å²) in [5, 5.41) is 0. The Morgan fingerprint density at radius 1 is 1.00 bits per heavy atom. The molecule has 164 valence electrons. The Balaban J connectivity index is 1.45. The predicted molar refractivity (Wildman–Crippen MR) is 102 cm³/mol. The van der Waals surface area contributed by atoms with Crippen LogP contribution in [0.3, 0.4) is 0 Å². The molecule has 2 heterocycles. The highest BCUT2D eigenvalue weighted by molar-refractivity contribution is 5.83. The second-order valence-electron chi connectivity index (χ2n) is 7.62. The highest BCUT2D eigenvalue weighted by Crippen LogP contribution is 2.34. The molecular formula is C21H19F4N3O3. The van der Waals surface area contributed by atoms with Crippen molar-refractivity contribution in [2.45, 2.75) is 19.1 Å². The molecule has 6 nitrogen and oxygen atoms in total. The molecule has 2 aromatic carbocycles. The number of amides is 3. The first-order valence-electron chi connectivity index (χ1n) is 9.61. The number of hydrogen-bond donors (Lipinski definition) is 1. The number of alkyl halides is 3. The maximum atomic E-state index is 13.8. The quantitative estimate of drug-likeness (QED) is 0.747. The number of halogens is 4. The van der Waals surface area contributed by atoms with E-state index in [0.29, 0.717) is 50.5 Å². The summed E-state index contributed by atoms with van der Waals surface area (Å²) in [5.74, 6) is -1.47. The smallest absolute Gasteiger partial charge is 0.419 e. The van der Waals surface area contributed by atoms with Crippen LogP contribution in [0.5, 0.6) is 11.5 Å². The number of rotatable bonds is 3. The van der Waals surface area contributed by atoms with Crippen molar-refractivity contribution in [1.82, 2.24) is 9.80 Å². The zero-order chi connectivity index (χ0) is 22.3. The molecule has 1 fully saturated rings. The molecule has 4 rings (SSSR count). The lowest BCUT2D eigenvalue weighted by atomic mass is 9.95. The monoisotopic (exact) mass is 437 g/mol. The van der Waals surface area contributed by atoms with E-state index in [1.165, 1.54) is 4.90 Å². The number of carbonyl (C=O) groups excluding carboxylic acids is 2. The zero-order valence-corrected chi connectivity index (χ0v) is 16.3. The Morgan fingerprint density at radius 2 is 1.68 bits per heavy atom. The van der Waals surface area contributed by atoms with E-state index in [-0.39, 0.29) is 17.6 Å². The minimum atomic E-state index is -4.78. The van der Waals surface area contributed by atoms with E-state index in [0.717, 1.165) is 17.2 Å². The summed E-state index contributed by atoms with van der Waals surface area (Å²) in [6.45, 7) is 1.50. The fourth-order valence-corrected chi connectivity index (χ4v) is 3.78. The van der Waals surface area contributed by atoms with Gasteiger partial charge in [0.05, 0.1) is 11.5 Å². The highest BCUT2D eigenvalue weighted by Gasteiger charge is 2.38. The average molecular weight is 437 g/mol. The molecular weight excluding hydrogens is 418 g/mol. The largest absolute Gasteiger partial charge is 0.457 e. The van der Waals surface area contributed by atoms with Gasteiger partial charge in [-0.3, -0.25) is 4.79 Å². The van der Waals surface area contributed by atoms with Gasteiger partial charge in [-0.05, 0) is 41.8 Å². The van der Waals surface area contributed by atoms with E-state index >= 15 is 0 Å². The molecule has 2 N–H and O–H groups in total. The van der Waals surface area contributed by atoms with Crippen LogP contribution in [0.1, 0.15) is 16.7 Å². The van der Waals surface area contributed by atoms with E-state index in [2.05, 4.69) is 0 Å². The van der Waals surface area contributed by atoms with Crippen LogP contribution in [-0.2, 0) is 23.9 Å². The number of hydrogen-bond acceptors (Lipinski definition) is 3. The molecule has 10 heteroatoms. The summed E-state index contributed by atoms with van der Waals surface area (Å²) < 4.78 is 57.4. The van der Waals surface area contributed by atoms with Crippen LogP contribution in [0.4, 0.5) is 22.4 Å². The van der Waals surface area contributed by atoms with Gasteiger partial charge in [0, 0.05) is 32.2 Å². The molecule has 0 radical (unpaired) electrons. The van der Waals surface area contributed by atoms with E-state index in [4.69, 9.17) is 10.5 Å². The SMILES string of the molecule is NC(=O)N1CC(C(=O)N2CCc3ccc(Oc4ccc(C(F)(F)F)c(F)c4)cc3C2)C1. The predicted octanol–water partition coefficient (Wildman–Crippen LogP) is 3.53. The van der Waals surface area contributed by atoms with Gasteiger partial charge in [-0.25, -0.2) is 9.18 Å². The van der Waals surface area contributed by atoms with Crippen LogP contribution in [0, 0.1) is 11.7 Å². The molecule has 2 aromatic rings. The van der Waals surface area contributed by atoms with Crippen LogP contribution in [0.2, 0.25) is 0 Å². The van der Waals surface area contributed by atoms with Crippen molar-refractivity contribution in [1.29, 1.82) is 0 Å². The van der Waals surface area contributed by atoms with Crippen molar-refractivity contribution in [2.24, 2.45) is 11.7 Å². The minimum Gasteiger partial charge on any atom is -0.457 e. The molecule has 0 aliphatic carbocycles. The number of primary amides is 1. The standard InChI is InChI=1S/C21H19F4N3O3/c22-18-8-16(3-4-17(18)21(23,24)25)31-15-2-1-12-5-6-27(9-13(12)7-15)19(29)14-10-28(11-14)20(26)30/h1-4,7-8,14H,5-6,9-11H2,(H2,26,30). The number of ether oxygens (including phenoxy) is 1. The molecule has 3 amide bonds. The molecule has 0 atom stereocenters. The van der Waals surface area contributed by atoms with Gasteiger partial charge in [-0.15, -0.1) is 0 Å². The normalized spacial score (nSPS) is 16.5. The second kappa shape index (κ2) is 7.75. The lowest BCUT2D eigenvalue weighted by Crippen LogP contribution is -2.58. The number of benzene rings is 2. The summed E-state index contributed by atoms with van der Waals surface area (Å²) in [6, 6.07) is 7.02. The summed E-state index contributed by atoms with van der Waals surface area (Å²) >= 11 is 0. The molecule has 0 bridgehead atoms. The van der Waals surface area contributed by atoms with Crippen molar-refractivity contribution in [3.05, 3.63) is 58.9 Å². The van der Waals surface area contributed by atoms with E-state index in [9.17, 15) is 27.2 Å². The van der Waals surface area contributed by atoms with Crippen LogP contribution >= 0.6 is 0 Å². The lowest BCUT2D eigenvalue weighted by molar-refractivity contribution is -0.141. The third kappa shape index (κ3) is 4.28. The Hall–Kier alpha value is -3.30. The van der Waals surface area contributed by atoms with Crippen molar-refractivity contribution in [3.8, 4) is 11.5 Å². The third-order valence-electron chi connectivity index (χ3n) is 5.53. The van der Waals surface area contributed by atoms with Gasteiger partial charge in [0.1, 0.15) is 17.3 Å². The van der Waals surface area contributed by atoms with Gasteiger partial charge >= 0.3 is 12.2 Å². The highest BCUT2D eigenvalue weighted by atomic mass is 19.4. The maximum absolute atomic E-state index is 13.8. The molecule has 0 saturated carbocycles. The minimum absolute atomic E-state index is 0.0562. The Labute approximate surface area is 175 Å². The molecule has 2 aliphatic heterocycles. The molecule has 31 heavy (non-hydrogen) atoms. The van der Waals surface area contributed by atoms with Gasteiger partial charge in [-0.1, -0.05) is 6.07 Å². The number of nitrogens with two attached hydrogens (primary N) is 1. The zero-order valence-electron chi connectivity index (χ0n) is 16.3. The van der Waals surface area contributed by atoms with Gasteiger partial charge in [0.25, 0.3) is 0 Å². The van der Waals surface area contributed by atoms with Gasteiger partial charge in [0.2, 0.25) is 5.91 Å². The summed E-state index contributed by atoms with van der Waals surface area (Å²) in [5.41, 5.74) is 5.71. The molecule has 1 saturated heterocycles. The van der Waals surface area contributed by atoms with Crippen LogP contribution < -0.4 is 10.5 Å². The first-order chi connectivity index (χ1) is 14.6. The molecule has 0 spiro atoms. The number of nitrogens with zero attached hydrogens (tertiary/aromatic N) is 2. The van der Waals surface area contributed by atoms with Crippen LogP contribution in [-0.4, -0.2) is 41.4 Å². The number of urea groups is 1. The first-order valence-corrected chi connectivity index (χ1v) is 9.61. The van der Waals surface area contributed by atoms with E-state index in [1.54, 1.807) is 17.0 Å². The van der Waals surface area contributed by atoms with E-state index < -0.39 is 23.6 Å². The summed E-state index contributed by atoms with van der Waals surface area (Å²) in [4.78, 5) is 26.9. The van der Waals surface area contributed by atoms with Gasteiger partial charge in [-0.2, -0.15) is 13.2 Å². The second-order valence-corrected chi connectivity index (χ2v) is 7.62. The van der Waals surface area contributed by atoms with Crippen molar-refractivity contribution in [2.75, 3.05) is 19.6 Å². The van der Waals surface area contributed by atoms with Crippen molar-refractivity contribution >= 4 is 11.9 Å². The van der Waals surface area contributed by atoms with E-state index in [1.807, 2.05) is 6.07 Å². The average Bonchev–Trinajstić information content (AvgIpc) is 2.65. The lowest BCUT2D eigenvalue weighted by Gasteiger charge is -2.40. The van der Waals surface area contributed by atoms with Gasteiger partial charge in [0.15, 0.2) is 0 Å². The maximum Gasteiger partial charge on any atom is 0.419 e. The van der Waals surface area contributed by atoms with Crippen LogP contribution in [0.25, 0.3) is 0 Å². The number of likely N-dealkylation sites (tertiary alicyclic amines) is 1. The van der Waals surface area contributed by atoms with Crippen molar-refractivity contribution in [3.63, 3.8) is 0 Å². The number of carbonyl (C=O) groups is 2. The molecule has 0 aromatic heterocycles. The Bertz CT molecular complexity index is 1040. The molecule has 2 aliphatic rings. The fraction of sp³-hybridized carbons (Fsp3) is 0.333. The van der Waals surface area contributed by atoms with Gasteiger partial charge < -0.3 is 20.3 Å². The topological polar surface area (TPSA) is 75.9 Å². The summed E-state index contributed by atoms with van der Waals surface area (Å²) in [7, 11) is 0. The van der Waals surface area contributed by atoms with Crippen molar-refractivity contribution < 1.29 is 31.9 Å². The Morgan fingerprint density at radius 3 is 2.32 bits per heavy atom. The Kier molecular flexibility index (Phi) is 5.24. The fourth-order valence-electron chi connectivity index (χ4n) is 3.78. The number of fused-ring (bicyclic) bond motifs is 1. The summed E-state index contributed by atoms with van der Waals surface area (Å²) in [6.07, 6.45) is -4.14.